The second-order valence-electron chi connectivity index (χ2n) is 6.00. The van der Waals surface area contributed by atoms with Crippen LogP contribution < -0.4 is 14.8 Å². The Morgan fingerprint density at radius 3 is 2.46 bits per heavy atom. The molecule has 0 fully saturated rings. The van der Waals surface area contributed by atoms with Crippen LogP contribution >= 0.6 is 0 Å². The topological polar surface area (TPSA) is 84.5 Å². The molecule has 0 spiro atoms. The first-order valence-corrected chi connectivity index (χ1v) is 9.80. The van der Waals surface area contributed by atoms with Crippen LogP contribution in [-0.2, 0) is 21.2 Å². The molecule has 26 heavy (non-hydrogen) atoms. The average Bonchev–Trinajstić information content (AvgIpc) is 2.62. The zero-order chi connectivity index (χ0) is 19.2. The molecule has 0 bridgehead atoms. The van der Waals surface area contributed by atoms with Gasteiger partial charge in [0, 0.05) is 6.54 Å². The van der Waals surface area contributed by atoms with E-state index in [4.69, 9.17) is 4.74 Å². The number of hydrogen-bond acceptors (Lipinski definition) is 4. The smallest absolute Gasteiger partial charge is 0.241 e. The fourth-order valence-electron chi connectivity index (χ4n) is 2.50. The molecule has 0 radical (unpaired) electrons. The maximum absolute atomic E-state index is 12.5. The van der Waals surface area contributed by atoms with Crippen LogP contribution in [0.1, 0.15) is 18.1 Å². The zero-order valence-electron chi connectivity index (χ0n) is 15.2. The van der Waals surface area contributed by atoms with Gasteiger partial charge in [-0.1, -0.05) is 30.3 Å². The molecular weight excluding hydrogens is 352 g/mol. The summed E-state index contributed by atoms with van der Waals surface area (Å²) in [4.78, 5) is 12.2. The highest BCUT2D eigenvalue weighted by atomic mass is 32.2. The van der Waals surface area contributed by atoms with Crippen molar-refractivity contribution >= 4 is 15.9 Å². The van der Waals surface area contributed by atoms with E-state index in [0.29, 0.717) is 24.3 Å². The van der Waals surface area contributed by atoms with Crippen LogP contribution in [0.15, 0.2) is 53.4 Å². The van der Waals surface area contributed by atoms with E-state index in [1.54, 1.807) is 13.0 Å². The highest BCUT2D eigenvalue weighted by Crippen LogP contribution is 2.21. The van der Waals surface area contributed by atoms with Gasteiger partial charge in [-0.05, 0) is 49.6 Å². The molecule has 0 unspecified atom stereocenters. The van der Waals surface area contributed by atoms with Crippen molar-refractivity contribution in [3.63, 3.8) is 0 Å². The molecule has 0 saturated heterocycles. The molecular formula is C19H24N2O4S. The fourth-order valence-corrected chi connectivity index (χ4v) is 3.79. The Balaban J connectivity index is 1.93. The van der Waals surface area contributed by atoms with E-state index in [2.05, 4.69) is 10.0 Å². The van der Waals surface area contributed by atoms with Crippen molar-refractivity contribution in [2.45, 2.75) is 31.2 Å². The van der Waals surface area contributed by atoms with Crippen molar-refractivity contribution in [1.82, 2.24) is 10.0 Å². The third-order valence-electron chi connectivity index (χ3n) is 3.96. The molecule has 2 rings (SSSR count). The summed E-state index contributed by atoms with van der Waals surface area (Å²) in [5.74, 6) is 0.241. The molecule has 0 aromatic heterocycles. The van der Waals surface area contributed by atoms with Crippen LogP contribution in [0, 0.1) is 6.92 Å². The lowest BCUT2D eigenvalue weighted by Gasteiger charge is -2.15. The zero-order valence-corrected chi connectivity index (χ0v) is 16.0. The van der Waals surface area contributed by atoms with Gasteiger partial charge in [0.15, 0.2) is 0 Å². The van der Waals surface area contributed by atoms with Crippen molar-refractivity contribution in [1.29, 1.82) is 0 Å². The lowest BCUT2D eigenvalue weighted by molar-refractivity contribution is -0.122. The van der Waals surface area contributed by atoms with Crippen molar-refractivity contribution in [3.05, 3.63) is 59.7 Å². The van der Waals surface area contributed by atoms with Crippen LogP contribution in [0.5, 0.6) is 5.75 Å². The van der Waals surface area contributed by atoms with Crippen molar-refractivity contribution < 1.29 is 17.9 Å². The Labute approximate surface area is 154 Å². The number of carbonyl (C=O) groups is 1. The number of sulfonamides is 1. The van der Waals surface area contributed by atoms with Crippen molar-refractivity contribution in [3.8, 4) is 5.75 Å². The number of methoxy groups -OCH3 is 1. The first-order chi connectivity index (χ1) is 12.3. The molecule has 140 valence electrons. The SMILES string of the molecule is COc1ccc(S(=O)(=O)N[C@@H](C)C(=O)NCCc2ccccc2)cc1C. The fraction of sp³-hybridized carbons (Fsp3) is 0.316. The first kappa shape index (κ1) is 19.9. The first-order valence-electron chi connectivity index (χ1n) is 8.32. The maximum Gasteiger partial charge on any atom is 0.241 e. The average molecular weight is 376 g/mol. The third kappa shape index (κ3) is 5.31. The Morgan fingerprint density at radius 1 is 1.15 bits per heavy atom. The third-order valence-corrected chi connectivity index (χ3v) is 5.50. The predicted octanol–water partition coefficient (Wildman–Crippen LogP) is 2.03. The molecule has 2 N–H and O–H groups in total. The molecule has 0 aliphatic carbocycles. The minimum Gasteiger partial charge on any atom is -0.496 e. The van der Waals surface area contributed by atoms with Gasteiger partial charge >= 0.3 is 0 Å². The van der Waals surface area contributed by atoms with E-state index in [0.717, 1.165) is 5.56 Å². The highest BCUT2D eigenvalue weighted by molar-refractivity contribution is 7.89. The van der Waals surface area contributed by atoms with Gasteiger partial charge in [-0.15, -0.1) is 0 Å². The molecule has 1 amide bonds. The summed E-state index contributed by atoms with van der Waals surface area (Å²) in [6.45, 7) is 3.72. The van der Waals surface area contributed by atoms with E-state index in [-0.39, 0.29) is 10.8 Å². The number of benzene rings is 2. The van der Waals surface area contributed by atoms with Gasteiger partial charge in [0.05, 0.1) is 18.0 Å². The largest absolute Gasteiger partial charge is 0.496 e. The highest BCUT2D eigenvalue weighted by Gasteiger charge is 2.22. The molecule has 0 heterocycles. The molecule has 7 heteroatoms. The number of hydrogen-bond donors (Lipinski definition) is 2. The molecule has 1 atom stereocenters. The maximum atomic E-state index is 12.5. The standard InChI is InChI=1S/C19H24N2O4S/c1-14-13-17(9-10-18(14)25-3)26(23,24)21-15(2)19(22)20-12-11-16-7-5-4-6-8-16/h4-10,13,15,21H,11-12H2,1-3H3,(H,20,22)/t15-/m0/s1. The normalized spacial score (nSPS) is 12.4. The minimum absolute atomic E-state index is 0.0970. The molecule has 0 aliphatic rings. The molecule has 2 aromatic rings. The number of rotatable bonds is 8. The van der Waals surface area contributed by atoms with Crippen LogP contribution in [0.2, 0.25) is 0 Å². The van der Waals surface area contributed by atoms with E-state index >= 15 is 0 Å². The Bertz CT molecular complexity index is 851. The van der Waals surface area contributed by atoms with Crippen molar-refractivity contribution in [2.75, 3.05) is 13.7 Å². The Morgan fingerprint density at radius 2 is 1.85 bits per heavy atom. The summed E-state index contributed by atoms with van der Waals surface area (Å²) in [7, 11) is -2.27. The Kier molecular flexibility index (Phi) is 6.76. The quantitative estimate of drug-likeness (QED) is 0.738. The summed E-state index contributed by atoms with van der Waals surface area (Å²) < 4.78 is 32.5. The van der Waals surface area contributed by atoms with Crippen LogP contribution in [0.4, 0.5) is 0 Å². The van der Waals surface area contributed by atoms with Crippen LogP contribution in [0.25, 0.3) is 0 Å². The van der Waals surface area contributed by atoms with Crippen LogP contribution in [0.3, 0.4) is 0 Å². The van der Waals surface area contributed by atoms with Gasteiger partial charge in [0.2, 0.25) is 15.9 Å². The number of aryl methyl sites for hydroxylation is 1. The predicted molar refractivity (Wildman–Crippen MR) is 101 cm³/mol. The summed E-state index contributed by atoms with van der Waals surface area (Å²) >= 11 is 0. The van der Waals surface area contributed by atoms with E-state index in [1.165, 1.54) is 26.2 Å². The molecule has 0 saturated carbocycles. The number of amides is 1. The van der Waals surface area contributed by atoms with Crippen LogP contribution in [-0.4, -0.2) is 34.0 Å². The minimum atomic E-state index is -3.80. The molecule has 0 aliphatic heterocycles. The van der Waals surface area contributed by atoms with Gasteiger partial charge in [0.1, 0.15) is 5.75 Å². The monoisotopic (exact) mass is 376 g/mol. The van der Waals surface area contributed by atoms with Gasteiger partial charge in [-0.2, -0.15) is 4.72 Å². The number of carbonyl (C=O) groups excluding carboxylic acids is 1. The van der Waals surface area contributed by atoms with Crippen molar-refractivity contribution in [2.24, 2.45) is 0 Å². The van der Waals surface area contributed by atoms with E-state index < -0.39 is 16.1 Å². The van der Waals surface area contributed by atoms with Gasteiger partial charge < -0.3 is 10.1 Å². The lowest BCUT2D eigenvalue weighted by Crippen LogP contribution is -2.45. The molecule has 6 nitrogen and oxygen atoms in total. The second-order valence-corrected chi connectivity index (χ2v) is 7.72. The second kappa shape index (κ2) is 8.82. The lowest BCUT2D eigenvalue weighted by atomic mass is 10.1. The molecule has 2 aromatic carbocycles. The number of ether oxygens (including phenoxy) is 1. The van der Waals surface area contributed by atoms with E-state index in [9.17, 15) is 13.2 Å². The van der Waals surface area contributed by atoms with Gasteiger partial charge in [-0.3, -0.25) is 4.79 Å². The summed E-state index contributed by atoms with van der Waals surface area (Å²) in [5.41, 5.74) is 1.81. The Hall–Kier alpha value is -2.38. The number of nitrogens with one attached hydrogen (secondary N) is 2. The van der Waals surface area contributed by atoms with E-state index in [1.807, 2.05) is 30.3 Å². The summed E-state index contributed by atoms with van der Waals surface area (Å²) in [5, 5.41) is 2.75. The summed E-state index contributed by atoms with van der Waals surface area (Å²) in [6, 6.07) is 13.4. The summed E-state index contributed by atoms with van der Waals surface area (Å²) in [6.07, 6.45) is 0.684. The van der Waals surface area contributed by atoms with Gasteiger partial charge in [-0.25, -0.2) is 8.42 Å². The van der Waals surface area contributed by atoms with Gasteiger partial charge in [0.25, 0.3) is 0 Å².